The Morgan fingerprint density at radius 3 is 1.36 bits per heavy atom. The van der Waals surface area contributed by atoms with Gasteiger partial charge in [0.1, 0.15) is 30.8 Å². The second-order valence-electron chi connectivity index (χ2n) is 2.53. The molecule has 0 aromatic rings. The Bertz CT molecular complexity index is 129. The third-order valence-electron chi connectivity index (χ3n) is 1.69. The first-order valence-corrected chi connectivity index (χ1v) is 3.20. The zero-order valence-corrected chi connectivity index (χ0v) is 5.62. The molecule has 0 aliphatic carbocycles. The number of aliphatic hydroxyl groups excluding tert-OH is 5. The quantitative estimate of drug-likeness (QED) is 0.220. The Morgan fingerprint density at radius 1 is 0.636 bits per heavy atom. The van der Waals surface area contributed by atoms with E-state index >= 15 is 0 Å². The topological polar surface area (TPSA) is 113 Å². The molecule has 0 bridgehead atoms. The minimum absolute atomic E-state index is 1.41. The van der Waals surface area contributed by atoms with Crippen molar-refractivity contribution in [2.75, 3.05) is 0 Å². The number of piperidine rings is 1. The molecule has 4 unspecified atom stereocenters. The lowest BCUT2D eigenvalue weighted by atomic mass is 10.0. The van der Waals surface area contributed by atoms with Gasteiger partial charge in [-0.1, -0.05) is 0 Å². The van der Waals surface area contributed by atoms with Crippen LogP contribution >= 0.6 is 0 Å². The summed E-state index contributed by atoms with van der Waals surface area (Å²) in [6, 6.07) is 0. The fourth-order valence-corrected chi connectivity index (χ4v) is 0.948. The highest BCUT2D eigenvalue weighted by atomic mass is 16.4. The van der Waals surface area contributed by atoms with Gasteiger partial charge in [0.15, 0.2) is 0 Å². The average Bonchev–Trinajstić information content (AvgIpc) is 1.97. The highest BCUT2D eigenvalue weighted by Crippen LogP contribution is 2.11. The van der Waals surface area contributed by atoms with Crippen LogP contribution in [0.25, 0.3) is 0 Å². The fourth-order valence-electron chi connectivity index (χ4n) is 0.948. The van der Waals surface area contributed by atoms with Crippen LogP contribution in [-0.4, -0.2) is 56.3 Å². The molecule has 1 fully saturated rings. The maximum atomic E-state index is 8.93. The number of nitrogens with one attached hydrogen (secondary N) is 1. The lowest BCUT2D eigenvalue weighted by molar-refractivity contribution is -0.193. The second kappa shape index (κ2) is 3.02. The minimum atomic E-state index is -1.53. The summed E-state index contributed by atoms with van der Waals surface area (Å²) in [5.41, 5.74) is 0. The van der Waals surface area contributed by atoms with Crippen LogP contribution in [-0.2, 0) is 0 Å². The zero-order valence-electron chi connectivity index (χ0n) is 5.62. The summed E-state index contributed by atoms with van der Waals surface area (Å²) >= 11 is 0. The molecule has 4 atom stereocenters. The van der Waals surface area contributed by atoms with Crippen molar-refractivity contribution in [3.8, 4) is 0 Å². The van der Waals surface area contributed by atoms with Crippen molar-refractivity contribution >= 4 is 0 Å². The van der Waals surface area contributed by atoms with Crippen molar-refractivity contribution in [1.29, 1.82) is 0 Å². The Labute approximate surface area is 62.7 Å². The largest absolute Gasteiger partial charge is 0.387 e. The molecule has 1 heterocycles. The highest BCUT2D eigenvalue weighted by molar-refractivity contribution is 4.89. The van der Waals surface area contributed by atoms with E-state index in [4.69, 9.17) is 25.5 Å². The predicted molar refractivity (Wildman–Crippen MR) is 33.2 cm³/mol. The van der Waals surface area contributed by atoms with Crippen LogP contribution in [0.5, 0.6) is 0 Å². The number of aliphatic hydroxyl groups is 5. The molecule has 6 N–H and O–H groups in total. The summed E-state index contributed by atoms with van der Waals surface area (Å²) in [6.45, 7) is 0. The number of rotatable bonds is 0. The van der Waals surface area contributed by atoms with Gasteiger partial charge in [-0.25, -0.2) is 0 Å². The predicted octanol–water partition coefficient (Wildman–Crippen LogP) is -3.69. The Kier molecular flexibility index (Phi) is 2.43. The van der Waals surface area contributed by atoms with Gasteiger partial charge in [0.25, 0.3) is 0 Å². The standard InChI is InChI=1S/C5H11NO5/c7-1-2(8)4(10)6-5(11)3(1)9/h1-11H. The first-order chi connectivity index (χ1) is 5.04. The Morgan fingerprint density at radius 2 is 1.00 bits per heavy atom. The van der Waals surface area contributed by atoms with Crippen molar-refractivity contribution in [2.45, 2.75) is 30.8 Å². The summed E-state index contributed by atoms with van der Waals surface area (Å²) in [7, 11) is 0. The summed E-state index contributed by atoms with van der Waals surface area (Å²) in [4.78, 5) is 0. The smallest absolute Gasteiger partial charge is 0.135 e. The van der Waals surface area contributed by atoms with E-state index in [1.807, 2.05) is 0 Å². The molecule has 6 heteroatoms. The van der Waals surface area contributed by atoms with Crippen LogP contribution in [0.2, 0.25) is 0 Å². The van der Waals surface area contributed by atoms with Gasteiger partial charge < -0.3 is 25.5 Å². The minimum Gasteiger partial charge on any atom is -0.387 e. The van der Waals surface area contributed by atoms with Crippen molar-refractivity contribution in [1.82, 2.24) is 5.32 Å². The van der Waals surface area contributed by atoms with Crippen LogP contribution in [0.4, 0.5) is 0 Å². The summed E-state index contributed by atoms with van der Waals surface area (Å²) in [5, 5.41) is 46.5. The van der Waals surface area contributed by atoms with Crippen molar-refractivity contribution < 1.29 is 25.5 Å². The summed E-state index contributed by atoms with van der Waals surface area (Å²) in [6.07, 6.45) is -7.31. The van der Waals surface area contributed by atoms with Gasteiger partial charge in [-0.2, -0.15) is 0 Å². The van der Waals surface area contributed by atoms with Gasteiger partial charge in [0.05, 0.1) is 0 Å². The zero-order chi connectivity index (χ0) is 8.59. The highest BCUT2D eigenvalue weighted by Gasteiger charge is 2.40. The molecule has 0 aromatic heterocycles. The molecule has 1 aliphatic heterocycles. The Hall–Kier alpha value is -0.240. The molecular weight excluding hydrogens is 154 g/mol. The van der Waals surface area contributed by atoms with Crippen LogP contribution in [0, 0.1) is 0 Å². The van der Waals surface area contributed by atoms with Crippen molar-refractivity contribution in [2.24, 2.45) is 0 Å². The van der Waals surface area contributed by atoms with E-state index < -0.39 is 30.8 Å². The summed E-state index contributed by atoms with van der Waals surface area (Å²) in [5.74, 6) is 0. The molecule has 11 heavy (non-hydrogen) atoms. The van der Waals surface area contributed by atoms with E-state index in [9.17, 15) is 0 Å². The lowest BCUT2D eigenvalue weighted by Crippen LogP contribution is -2.64. The monoisotopic (exact) mass is 165 g/mol. The van der Waals surface area contributed by atoms with E-state index in [0.29, 0.717) is 0 Å². The second-order valence-corrected chi connectivity index (χ2v) is 2.53. The molecule has 0 spiro atoms. The van der Waals surface area contributed by atoms with E-state index in [1.54, 1.807) is 0 Å². The van der Waals surface area contributed by atoms with Crippen molar-refractivity contribution in [3.05, 3.63) is 0 Å². The van der Waals surface area contributed by atoms with Crippen LogP contribution < -0.4 is 5.32 Å². The molecule has 6 nitrogen and oxygen atoms in total. The summed E-state index contributed by atoms with van der Waals surface area (Å²) < 4.78 is 0. The number of hydrogen-bond donors (Lipinski definition) is 6. The molecule has 1 rings (SSSR count). The van der Waals surface area contributed by atoms with Gasteiger partial charge in [-0.3, -0.25) is 5.32 Å². The van der Waals surface area contributed by atoms with Crippen molar-refractivity contribution in [3.63, 3.8) is 0 Å². The van der Waals surface area contributed by atoms with E-state index in [2.05, 4.69) is 5.32 Å². The molecule has 1 saturated heterocycles. The number of hydrogen-bond acceptors (Lipinski definition) is 6. The molecule has 0 aromatic carbocycles. The molecule has 0 saturated carbocycles. The maximum Gasteiger partial charge on any atom is 0.135 e. The molecule has 66 valence electrons. The van der Waals surface area contributed by atoms with Gasteiger partial charge in [-0.05, 0) is 0 Å². The molecular formula is C5H11NO5. The van der Waals surface area contributed by atoms with Crippen LogP contribution in [0.3, 0.4) is 0 Å². The molecule has 0 radical (unpaired) electrons. The third kappa shape index (κ3) is 1.51. The molecule has 0 amide bonds. The van der Waals surface area contributed by atoms with E-state index in [1.165, 1.54) is 0 Å². The van der Waals surface area contributed by atoms with Crippen LogP contribution in [0.15, 0.2) is 0 Å². The average molecular weight is 165 g/mol. The first-order valence-electron chi connectivity index (χ1n) is 3.20. The van der Waals surface area contributed by atoms with Gasteiger partial charge in [0, 0.05) is 0 Å². The van der Waals surface area contributed by atoms with E-state index in [0.717, 1.165) is 0 Å². The molecule has 1 aliphatic rings. The normalized spacial score (nSPS) is 52.6. The first kappa shape index (κ1) is 8.85. The van der Waals surface area contributed by atoms with Gasteiger partial charge >= 0.3 is 0 Å². The van der Waals surface area contributed by atoms with Gasteiger partial charge in [0.2, 0.25) is 0 Å². The maximum absolute atomic E-state index is 8.93. The van der Waals surface area contributed by atoms with Gasteiger partial charge in [-0.15, -0.1) is 0 Å². The SMILES string of the molecule is OC1NC(O)C(O)C(O)C1O. The Balaban J connectivity index is 2.63. The van der Waals surface area contributed by atoms with Crippen LogP contribution in [0.1, 0.15) is 0 Å². The fraction of sp³-hybridized carbons (Fsp3) is 1.00. The third-order valence-corrected chi connectivity index (χ3v) is 1.69. The lowest BCUT2D eigenvalue weighted by Gasteiger charge is -2.36. The van der Waals surface area contributed by atoms with E-state index in [-0.39, 0.29) is 0 Å².